The van der Waals surface area contributed by atoms with Crippen molar-refractivity contribution in [1.29, 1.82) is 0 Å². The normalized spacial score (nSPS) is 11.6. The maximum atomic E-state index is 10.3. The molecule has 0 saturated carbocycles. The Morgan fingerprint density at radius 3 is 1.84 bits per heavy atom. The Morgan fingerprint density at radius 2 is 1.35 bits per heavy atom. The minimum atomic E-state index is -0.672. The molecular weight excluding hydrogens is 414 g/mol. The summed E-state index contributed by atoms with van der Waals surface area (Å²) < 4.78 is 22.4. The fourth-order valence-electron chi connectivity index (χ4n) is 2.85. The van der Waals surface area contributed by atoms with Crippen LogP contribution < -0.4 is 18.9 Å². The molecule has 1 unspecified atom stereocenters. The van der Waals surface area contributed by atoms with Gasteiger partial charge in [-0.2, -0.15) is 11.8 Å². The summed E-state index contributed by atoms with van der Waals surface area (Å²) in [6.07, 6.45) is 2.87. The molecule has 6 nitrogen and oxygen atoms in total. The van der Waals surface area contributed by atoms with E-state index in [-0.39, 0.29) is 0 Å². The lowest BCUT2D eigenvalue weighted by molar-refractivity contribution is 0.196. The molecule has 7 heteroatoms. The van der Waals surface area contributed by atoms with E-state index in [2.05, 4.69) is 4.98 Å². The zero-order chi connectivity index (χ0) is 22.1. The second-order valence-corrected chi connectivity index (χ2v) is 7.71. The Kier molecular flexibility index (Phi) is 8.44. The van der Waals surface area contributed by atoms with Gasteiger partial charge < -0.3 is 24.1 Å². The van der Waals surface area contributed by atoms with Crippen LogP contribution in [0.3, 0.4) is 0 Å². The molecule has 1 heterocycles. The van der Waals surface area contributed by atoms with Crippen LogP contribution in [0.25, 0.3) is 0 Å². The molecule has 3 rings (SSSR count). The molecule has 31 heavy (non-hydrogen) atoms. The van der Waals surface area contributed by atoms with Gasteiger partial charge in [0.1, 0.15) is 30.8 Å². The van der Waals surface area contributed by atoms with Gasteiger partial charge in [-0.05, 0) is 41.6 Å². The van der Waals surface area contributed by atoms with E-state index in [0.717, 1.165) is 22.6 Å². The first-order chi connectivity index (χ1) is 15.1. The van der Waals surface area contributed by atoms with Crippen molar-refractivity contribution in [3.63, 3.8) is 0 Å². The van der Waals surface area contributed by atoms with Crippen molar-refractivity contribution in [2.24, 2.45) is 0 Å². The molecule has 2 aromatic carbocycles. The lowest BCUT2D eigenvalue weighted by Gasteiger charge is -2.16. The van der Waals surface area contributed by atoms with E-state index in [1.807, 2.05) is 54.8 Å². The number of rotatable bonds is 11. The number of methoxy groups -OCH3 is 2. The quantitative estimate of drug-likeness (QED) is 0.464. The highest BCUT2D eigenvalue weighted by Crippen LogP contribution is 2.31. The standard InChI is InChI=1S/C24H27NO5S/c1-27-19-8-4-17(5-9-19)14-29-23-12-21(22(26)16-31-3)25-13-24(23)30-15-18-6-10-20(28-2)11-7-18/h4-13,22,26H,14-16H2,1-3H3. The topological polar surface area (TPSA) is 70.0 Å². The summed E-state index contributed by atoms with van der Waals surface area (Å²) in [5.41, 5.74) is 2.54. The summed E-state index contributed by atoms with van der Waals surface area (Å²) in [7, 11) is 3.27. The molecule has 0 radical (unpaired) electrons. The number of benzene rings is 2. The van der Waals surface area contributed by atoms with E-state index in [0.29, 0.717) is 36.2 Å². The highest BCUT2D eigenvalue weighted by molar-refractivity contribution is 7.98. The number of hydrogen-bond donors (Lipinski definition) is 1. The zero-order valence-corrected chi connectivity index (χ0v) is 18.7. The molecule has 1 aromatic heterocycles. The van der Waals surface area contributed by atoms with Gasteiger partial charge in [0.25, 0.3) is 0 Å². The molecule has 164 valence electrons. The smallest absolute Gasteiger partial charge is 0.179 e. The number of thioether (sulfide) groups is 1. The maximum absolute atomic E-state index is 10.3. The molecule has 1 N–H and O–H groups in total. The number of hydrogen-bond acceptors (Lipinski definition) is 7. The van der Waals surface area contributed by atoms with E-state index in [9.17, 15) is 5.11 Å². The lowest BCUT2D eigenvalue weighted by Crippen LogP contribution is -2.06. The van der Waals surface area contributed by atoms with Gasteiger partial charge in [-0.15, -0.1) is 0 Å². The second kappa shape index (κ2) is 11.5. The molecule has 0 aliphatic heterocycles. The molecule has 1 atom stereocenters. The van der Waals surface area contributed by atoms with Crippen LogP contribution in [0.5, 0.6) is 23.0 Å². The van der Waals surface area contributed by atoms with Gasteiger partial charge in [-0.3, -0.25) is 4.98 Å². The van der Waals surface area contributed by atoms with E-state index < -0.39 is 6.10 Å². The minimum absolute atomic E-state index is 0.352. The second-order valence-electron chi connectivity index (χ2n) is 6.80. The van der Waals surface area contributed by atoms with Gasteiger partial charge >= 0.3 is 0 Å². The molecule has 0 bridgehead atoms. The van der Waals surface area contributed by atoms with Crippen molar-refractivity contribution >= 4 is 11.8 Å². The van der Waals surface area contributed by atoms with E-state index in [1.54, 1.807) is 38.2 Å². The largest absolute Gasteiger partial charge is 0.497 e. The molecule has 0 saturated heterocycles. The van der Waals surface area contributed by atoms with Crippen molar-refractivity contribution in [3.8, 4) is 23.0 Å². The molecule has 0 aliphatic rings. The maximum Gasteiger partial charge on any atom is 0.179 e. The van der Waals surface area contributed by atoms with Crippen LogP contribution in [-0.2, 0) is 13.2 Å². The third-order valence-corrected chi connectivity index (χ3v) is 5.27. The Bertz CT molecular complexity index is 947. The van der Waals surface area contributed by atoms with E-state index in [1.165, 1.54) is 0 Å². The summed E-state index contributed by atoms with van der Waals surface area (Å²) in [5.74, 6) is 3.19. The molecule has 0 amide bonds. The first kappa shape index (κ1) is 22.8. The fraction of sp³-hybridized carbons (Fsp3) is 0.292. The van der Waals surface area contributed by atoms with Crippen LogP contribution in [0.1, 0.15) is 22.9 Å². The van der Waals surface area contributed by atoms with Gasteiger partial charge in [0.2, 0.25) is 0 Å². The number of aliphatic hydroxyl groups is 1. The zero-order valence-electron chi connectivity index (χ0n) is 17.9. The molecule has 0 spiro atoms. The number of aromatic nitrogens is 1. The Balaban J connectivity index is 1.75. The lowest BCUT2D eigenvalue weighted by atomic mass is 10.2. The Hall–Kier alpha value is -2.90. The van der Waals surface area contributed by atoms with Crippen molar-refractivity contribution in [1.82, 2.24) is 4.98 Å². The first-order valence-electron chi connectivity index (χ1n) is 9.81. The van der Waals surface area contributed by atoms with Crippen molar-refractivity contribution in [2.75, 3.05) is 26.2 Å². The van der Waals surface area contributed by atoms with Gasteiger partial charge in [0, 0.05) is 11.8 Å². The minimum Gasteiger partial charge on any atom is -0.497 e. The summed E-state index contributed by atoms with van der Waals surface area (Å²) in [4.78, 5) is 4.37. The predicted octanol–water partition coefficient (Wildman–Crippen LogP) is 4.65. The Labute approximate surface area is 187 Å². The number of nitrogens with zero attached hydrogens (tertiary/aromatic N) is 1. The highest BCUT2D eigenvalue weighted by atomic mass is 32.2. The van der Waals surface area contributed by atoms with Gasteiger partial charge in [0.15, 0.2) is 11.5 Å². The van der Waals surface area contributed by atoms with Gasteiger partial charge in [-0.25, -0.2) is 0 Å². The summed E-state index contributed by atoms with van der Waals surface area (Å²) in [5, 5.41) is 10.3. The molecular formula is C24H27NO5S. The third kappa shape index (κ3) is 6.54. The van der Waals surface area contributed by atoms with Crippen molar-refractivity contribution in [2.45, 2.75) is 19.3 Å². The van der Waals surface area contributed by atoms with Crippen LogP contribution in [0.15, 0.2) is 60.8 Å². The summed E-state index contributed by atoms with van der Waals surface area (Å²) in [6, 6.07) is 17.1. The number of pyridine rings is 1. The monoisotopic (exact) mass is 441 g/mol. The average molecular weight is 442 g/mol. The summed E-state index contributed by atoms with van der Waals surface area (Å²) in [6.45, 7) is 0.711. The first-order valence-corrected chi connectivity index (χ1v) is 11.2. The van der Waals surface area contributed by atoms with Crippen LogP contribution in [0.4, 0.5) is 0 Å². The van der Waals surface area contributed by atoms with Crippen molar-refractivity contribution in [3.05, 3.63) is 77.6 Å². The van der Waals surface area contributed by atoms with Gasteiger partial charge in [0.05, 0.1) is 26.1 Å². The van der Waals surface area contributed by atoms with Crippen molar-refractivity contribution < 1.29 is 24.1 Å². The number of aliphatic hydroxyl groups excluding tert-OH is 1. The van der Waals surface area contributed by atoms with Crippen LogP contribution in [0.2, 0.25) is 0 Å². The van der Waals surface area contributed by atoms with Gasteiger partial charge in [-0.1, -0.05) is 24.3 Å². The molecule has 0 aliphatic carbocycles. The predicted molar refractivity (Wildman–Crippen MR) is 122 cm³/mol. The summed E-state index contributed by atoms with van der Waals surface area (Å²) >= 11 is 1.55. The molecule has 0 fully saturated rings. The number of ether oxygens (including phenoxy) is 4. The van der Waals surface area contributed by atoms with E-state index in [4.69, 9.17) is 18.9 Å². The van der Waals surface area contributed by atoms with E-state index >= 15 is 0 Å². The Morgan fingerprint density at radius 1 is 0.839 bits per heavy atom. The van der Waals surface area contributed by atoms with Crippen LogP contribution in [-0.4, -0.2) is 36.3 Å². The fourth-order valence-corrected chi connectivity index (χ4v) is 3.34. The molecule has 3 aromatic rings. The third-order valence-electron chi connectivity index (χ3n) is 4.63. The van der Waals surface area contributed by atoms with Crippen LogP contribution >= 0.6 is 11.8 Å². The average Bonchev–Trinajstić information content (AvgIpc) is 2.82. The SMILES string of the molecule is COc1ccc(COc2cnc(C(O)CSC)cc2OCc2ccc(OC)cc2)cc1. The highest BCUT2D eigenvalue weighted by Gasteiger charge is 2.14. The van der Waals surface area contributed by atoms with Crippen LogP contribution in [0, 0.1) is 0 Å².